The van der Waals surface area contributed by atoms with Crippen molar-refractivity contribution >= 4 is 51.0 Å². The Labute approximate surface area is 172 Å². The number of para-hydroxylation sites is 1. The molecule has 0 fully saturated rings. The van der Waals surface area contributed by atoms with Gasteiger partial charge in [-0.25, -0.2) is 0 Å². The van der Waals surface area contributed by atoms with Crippen molar-refractivity contribution in [1.29, 1.82) is 5.26 Å². The summed E-state index contributed by atoms with van der Waals surface area (Å²) in [5, 5.41) is 19.9. The highest BCUT2D eigenvalue weighted by Gasteiger charge is 2.12. The van der Waals surface area contributed by atoms with Gasteiger partial charge in [-0.15, -0.1) is 22.0 Å². The lowest BCUT2D eigenvalue weighted by molar-refractivity contribution is -0.113. The van der Waals surface area contributed by atoms with E-state index in [4.69, 9.17) is 9.68 Å². The molecule has 0 aliphatic carbocycles. The maximum atomic E-state index is 12.2. The summed E-state index contributed by atoms with van der Waals surface area (Å²) in [7, 11) is 0. The topological polar surface area (TPSA) is 91.8 Å². The fourth-order valence-corrected chi connectivity index (χ4v) is 3.59. The Balaban J connectivity index is 1.57. The van der Waals surface area contributed by atoms with E-state index in [0.29, 0.717) is 22.6 Å². The van der Waals surface area contributed by atoms with Crippen LogP contribution in [0, 0.1) is 11.3 Å². The third-order valence-corrected chi connectivity index (χ3v) is 5.57. The first-order valence-corrected chi connectivity index (χ1v) is 10.5. The van der Waals surface area contributed by atoms with E-state index >= 15 is 0 Å². The van der Waals surface area contributed by atoms with Gasteiger partial charge in [-0.2, -0.15) is 5.26 Å². The van der Waals surface area contributed by atoms with E-state index < -0.39 is 0 Å². The standard InChI is InChI=1S/C18H13BrN4O2S2/c19-13-7-5-12(6-8-13)17-22-23-18(25-17)27-11-16(24)21-14-3-1-2-4-15(14)26-10-9-20/h1-8H,10-11H2,(H,21,24). The molecule has 1 N–H and O–H groups in total. The molecule has 2 aromatic carbocycles. The third-order valence-electron chi connectivity index (χ3n) is 3.28. The molecule has 1 heterocycles. The first kappa shape index (κ1) is 19.5. The largest absolute Gasteiger partial charge is 0.411 e. The first-order valence-electron chi connectivity index (χ1n) is 7.76. The van der Waals surface area contributed by atoms with Crippen LogP contribution in [0.25, 0.3) is 11.5 Å². The van der Waals surface area contributed by atoms with E-state index in [2.05, 4.69) is 37.5 Å². The number of benzene rings is 2. The summed E-state index contributed by atoms with van der Waals surface area (Å²) in [6, 6.07) is 17.0. The zero-order chi connectivity index (χ0) is 19.1. The summed E-state index contributed by atoms with van der Waals surface area (Å²) in [6.07, 6.45) is 0. The molecule has 0 aliphatic heterocycles. The monoisotopic (exact) mass is 460 g/mol. The van der Waals surface area contributed by atoms with Crippen LogP contribution in [0.4, 0.5) is 5.69 Å². The average molecular weight is 461 g/mol. The van der Waals surface area contributed by atoms with Crippen LogP contribution >= 0.6 is 39.5 Å². The zero-order valence-corrected chi connectivity index (χ0v) is 17.1. The van der Waals surface area contributed by atoms with Gasteiger partial charge < -0.3 is 9.73 Å². The van der Waals surface area contributed by atoms with Gasteiger partial charge >= 0.3 is 0 Å². The minimum absolute atomic E-state index is 0.138. The highest BCUT2D eigenvalue weighted by molar-refractivity contribution is 9.10. The Morgan fingerprint density at radius 1 is 1.15 bits per heavy atom. The van der Waals surface area contributed by atoms with Gasteiger partial charge in [0.05, 0.1) is 23.3 Å². The summed E-state index contributed by atoms with van der Waals surface area (Å²) in [5.74, 6) is 0.679. The molecule has 0 aliphatic rings. The van der Waals surface area contributed by atoms with Gasteiger partial charge in [-0.1, -0.05) is 39.8 Å². The normalized spacial score (nSPS) is 10.4. The molecule has 1 aromatic heterocycles. The number of nitrogens with one attached hydrogen (secondary N) is 1. The van der Waals surface area contributed by atoms with E-state index in [-0.39, 0.29) is 11.7 Å². The number of thioether (sulfide) groups is 2. The van der Waals surface area contributed by atoms with E-state index in [1.54, 1.807) is 6.07 Å². The van der Waals surface area contributed by atoms with Crippen molar-refractivity contribution in [2.24, 2.45) is 0 Å². The number of rotatable bonds is 7. The van der Waals surface area contributed by atoms with Crippen LogP contribution in [-0.2, 0) is 4.79 Å². The molecule has 0 spiro atoms. The van der Waals surface area contributed by atoms with E-state index in [1.807, 2.05) is 42.5 Å². The predicted molar refractivity (Wildman–Crippen MR) is 110 cm³/mol. The van der Waals surface area contributed by atoms with Crippen LogP contribution in [0.3, 0.4) is 0 Å². The van der Waals surface area contributed by atoms with Gasteiger partial charge in [0, 0.05) is 14.9 Å². The smallest absolute Gasteiger partial charge is 0.277 e. The maximum absolute atomic E-state index is 12.2. The van der Waals surface area contributed by atoms with Crippen molar-refractivity contribution in [3.8, 4) is 17.5 Å². The van der Waals surface area contributed by atoms with Crippen molar-refractivity contribution in [3.05, 3.63) is 53.0 Å². The zero-order valence-electron chi connectivity index (χ0n) is 13.9. The highest BCUT2D eigenvalue weighted by atomic mass is 79.9. The molecule has 0 atom stereocenters. The van der Waals surface area contributed by atoms with Crippen LogP contribution in [0.2, 0.25) is 0 Å². The van der Waals surface area contributed by atoms with Gasteiger partial charge in [-0.3, -0.25) is 4.79 Å². The van der Waals surface area contributed by atoms with Gasteiger partial charge in [-0.05, 0) is 36.4 Å². The van der Waals surface area contributed by atoms with Gasteiger partial charge in [0.25, 0.3) is 5.22 Å². The first-order chi connectivity index (χ1) is 13.2. The number of nitriles is 1. The fraction of sp³-hybridized carbons (Fsp3) is 0.111. The molecule has 3 rings (SSSR count). The van der Waals surface area contributed by atoms with Crippen LogP contribution in [0.15, 0.2) is 67.5 Å². The van der Waals surface area contributed by atoms with E-state index in [9.17, 15) is 4.79 Å². The van der Waals surface area contributed by atoms with E-state index in [1.165, 1.54) is 23.5 Å². The van der Waals surface area contributed by atoms with Crippen molar-refractivity contribution < 1.29 is 9.21 Å². The average Bonchev–Trinajstić information content (AvgIpc) is 3.15. The summed E-state index contributed by atoms with van der Waals surface area (Å²) >= 11 is 5.93. The predicted octanol–water partition coefficient (Wildman–Crippen LogP) is 4.85. The second-order valence-electron chi connectivity index (χ2n) is 5.16. The molecule has 9 heteroatoms. The van der Waals surface area contributed by atoms with Crippen molar-refractivity contribution in [2.45, 2.75) is 10.1 Å². The lowest BCUT2D eigenvalue weighted by Gasteiger charge is -2.08. The van der Waals surface area contributed by atoms with Crippen molar-refractivity contribution in [3.63, 3.8) is 0 Å². The van der Waals surface area contributed by atoms with Crippen molar-refractivity contribution in [2.75, 3.05) is 16.8 Å². The number of carbonyl (C=O) groups excluding carboxylic acids is 1. The molecule has 3 aromatic rings. The molecule has 0 unspecified atom stereocenters. The molecule has 0 saturated carbocycles. The molecular formula is C18H13BrN4O2S2. The Kier molecular flexibility index (Phi) is 6.92. The molecular weight excluding hydrogens is 448 g/mol. The molecule has 1 amide bonds. The van der Waals surface area contributed by atoms with Crippen LogP contribution in [-0.4, -0.2) is 27.6 Å². The Hall–Kier alpha value is -2.28. The SMILES string of the molecule is N#CCSc1ccccc1NC(=O)CSc1nnc(-c2ccc(Br)cc2)o1. The quantitative estimate of drug-likeness (QED) is 0.503. The molecule has 0 radical (unpaired) electrons. The van der Waals surface area contributed by atoms with Crippen LogP contribution in [0.1, 0.15) is 0 Å². The van der Waals surface area contributed by atoms with Gasteiger partial charge in [0.1, 0.15) is 0 Å². The Morgan fingerprint density at radius 3 is 2.70 bits per heavy atom. The molecule has 0 saturated heterocycles. The minimum atomic E-state index is -0.187. The maximum Gasteiger partial charge on any atom is 0.277 e. The number of anilines is 1. The number of carbonyl (C=O) groups is 1. The number of hydrogen-bond donors (Lipinski definition) is 1. The van der Waals surface area contributed by atoms with E-state index in [0.717, 1.165) is 14.9 Å². The second kappa shape index (κ2) is 9.60. The summed E-state index contributed by atoms with van der Waals surface area (Å²) in [4.78, 5) is 13.1. The molecule has 6 nitrogen and oxygen atoms in total. The molecule has 136 valence electrons. The summed E-state index contributed by atoms with van der Waals surface area (Å²) in [6.45, 7) is 0. The number of amides is 1. The minimum Gasteiger partial charge on any atom is -0.411 e. The van der Waals surface area contributed by atoms with Gasteiger partial charge in [0.2, 0.25) is 11.8 Å². The third kappa shape index (κ3) is 5.60. The second-order valence-corrected chi connectivity index (χ2v) is 8.02. The fourth-order valence-electron chi connectivity index (χ4n) is 2.10. The van der Waals surface area contributed by atoms with Crippen molar-refractivity contribution in [1.82, 2.24) is 10.2 Å². The number of halogens is 1. The number of aromatic nitrogens is 2. The number of hydrogen-bond acceptors (Lipinski definition) is 7. The lowest BCUT2D eigenvalue weighted by Crippen LogP contribution is -2.14. The summed E-state index contributed by atoms with van der Waals surface area (Å²) in [5.41, 5.74) is 1.50. The molecule has 27 heavy (non-hydrogen) atoms. The summed E-state index contributed by atoms with van der Waals surface area (Å²) < 4.78 is 6.56. The Morgan fingerprint density at radius 2 is 1.93 bits per heavy atom. The van der Waals surface area contributed by atoms with Gasteiger partial charge in [0.15, 0.2) is 0 Å². The lowest BCUT2D eigenvalue weighted by atomic mass is 10.2. The Bertz CT molecular complexity index is 970. The van der Waals surface area contributed by atoms with Crippen LogP contribution < -0.4 is 5.32 Å². The molecule has 0 bridgehead atoms. The van der Waals surface area contributed by atoms with Crippen LogP contribution in [0.5, 0.6) is 0 Å². The number of nitrogens with zero attached hydrogens (tertiary/aromatic N) is 3. The highest BCUT2D eigenvalue weighted by Crippen LogP contribution is 2.28.